The van der Waals surface area contributed by atoms with Gasteiger partial charge in [-0.2, -0.15) is 0 Å². The second-order valence-electron chi connectivity index (χ2n) is 8.86. The molecule has 41 heavy (non-hydrogen) atoms. The molecular formula is C34H24N6Ru+2. The Morgan fingerprint density at radius 3 is 0.829 bits per heavy atom. The first-order valence-corrected chi connectivity index (χ1v) is 12.9. The third-order valence-electron chi connectivity index (χ3n) is 6.28. The summed E-state index contributed by atoms with van der Waals surface area (Å²) in [5.74, 6) is 0. The summed E-state index contributed by atoms with van der Waals surface area (Å²) in [4.78, 5) is 25.8. The molecule has 8 rings (SSSR count). The molecule has 8 aromatic rings. The van der Waals surface area contributed by atoms with E-state index in [1.165, 1.54) is 0 Å². The molecule has 0 aliphatic heterocycles. The van der Waals surface area contributed by atoms with Crippen molar-refractivity contribution in [3.63, 3.8) is 0 Å². The number of hydrogen-bond donors (Lipinski definition) is 0. The van der Waals surface area contributed by atoms with Crippen molar-refractivity contribution >= 4 is 43.6 Å². The number of benzene rings is 2. The van der Waals surface area contributed by atoms with Crippen LogP contribution in [0.15, 0.2) is 146 Å². The molecule has 196 valence electrons. The van der Waals surface area contributed by atoms with Crippen LogP contribution in [0.25, 0.3) is 55.0 Å². The van der Waals surface area contributed by atoms with Crippen LogP contribution in [0.2, 0.25) is 0 Å². The first kappa shape index (κ1) is 27.6. The molecule has 0 saturated heterocycles. The molecule has 7 heteroatoms. The van der Waals surface area contributed by atoms with Crippen LogP contribution in [-0.2, 0) is 19.5 Å². The van der Waals surface area contributed by atoms with E-state index in [0.717, 1.165) is 55.0 Å². The number of pyridine rings is 6. The van der Waals surface area contributed by atoms with Crippen molar-refractivity contribution in [3.8, 4) is 11.4 Å². The molecule has 0 bridgehead atoms. The minimum absolute atomic E-state index is 0. The molecule has 2 aromatic carbocycles. The smallest absolute Gasteiger partial charge is 0.255 e. The average molecular weight is 618 g/mol. The van der Waals surface area contributed by atoms with E-state index in [9.17, 15) is 0 Å². The molecule has 0 amide bonds. The Kier molecular flexibility index (Phi) is 8.99. The normalized spacial score (nSPS) is 10.2. The van der Waals surface area contributed by atoms with E-state index in [1.807, 2.05) is 60.7 Å². The van der Waals surface area contributed by atoms with Crippen LogP contribution in [-0.4, -0.2) is 29.9 Å². The van der Waals surface area contributed by atoms with Gasteiger partial charge in [0.15, 0.2) is 0 Å². The van der Waals surface area contributed by atoms with Crippen molar-refractivity contribution < 1.29 is 19.5 Å². The summed E-state index contributed by atoms with van der Waals surface area (Å²) in [7, 11) is 0. The van der Waals surface area contributed by atoms with E-state index in [2.05, 4.69) is 78.4 Å². The van der Waals surface area contributed by atoms with Gasteiger partial charge in [0.05, 0.1) is 33.5 Å². The van der Waals surface area contributed by atoms with Crippen LogP contribution in [0.1, 0.15) is 0 Å². The summed E-state index contributed by atoms with van der Waals surface area (Å²) in [6.07, 6.45) is 10.7. The molecule has 0 atom stereocenters. The molecule has 0 unspecified atom stereocenters. The van der Waals surface area contributed by atoms with E-state index in [1.54, 1.807) is 37.2 Å². The molecule has 0 saturated carbocycles. The first-order chi connectivity index (χ1) is 19.9. The molecular weight excluding hydrogens is 593 g/mol. The molecule has 6 nitrogen and oxygen atoms in total. The maximum Gasteiger partial charge on any atom is 2.00 e. The molecule has 0 aliphatic rings. The van der Waals surface area contributed by atoms with Crippen molar-refractivity contribution in [1.29, 1.82) is 0 Å². The van der Waals surface area contributed by atoms with Crippen LogP contribution < -0.4 is 0 Å². The second kappa shape index (κ2) is 13.4. The number of fused-ring (bicyclic) bond motifs is 6. The van der Waals surface area contributed by atoms with Gasteiger partial charge in [0, 0.05) is 58.7 Å². The van der Waals surface area contributed by atoms with Crippen LogP contribution in [0.3, 0.4) is 0 Å². The molecule has 0 fully saturated rings. The van der Waals surface area contributed by atoms with Gasteiger partial charge in [0.1, 0.15) is 0 Å². The zero-order chi connectivity index (χ0) is 27.0. The average Bonchev–Trinajstić information content (AvgIpc) is 3.06. The monoisotopic (exact) mass is 618 g/mol. The molecule has 0 spiro atoms. The Morgan fingerprint density at radius 2 is 0.561 bits per heavy atom. The van der Waals surface area contributed by atoms with Gasteiger partial charge in [-0.1, -0.05) is 60.7 Å². The van der Waals surface area contributed by atoms with Crippen LogP contribution >= 0.6 is 0 Å². The SMILES string of the molecule is [Ru+2].c1ccc(-c2ccccn2)nc1.c1cnc2c(c1)ccc1cccnc12.c1cnc2c(c1)ccc1cccnc12. The Labute approximate surface area is 250 Å². The van der Waals surface area contributed by atoms with Crippen molar-refractivity contribution in [2.75, 3.05) is 0 Å². The van der Waals surface area contributed by atoms with Gasteiger partial charge in [0.25, 0.3) is 0 Å². The largest absolute Gasteiger partial charge is 2.00 e. The van der Waals surface area contributed by atoms with Crippen molar-refractivity contribution in [2.24, 2.45) is 0 Å². The van der Waals surface area contributed by atoms with Crippen molar-refractivity contribution in [2.45, 2.75) is 0 Å². The minimum Gasteiger partial charge on any atom is -0.255 e. The van der Waals surface area contributed by atoms with E-state index in [4.69, 9.17) is 0 Å². The van der Waals surface area contributed by atoms with Gasteiger partial charge >= 0.3 is 19.5 Å². The quantitative estimate of drug-likeness (QED) is 0.139. The van der Waals surface area contributed by atoms with Gasteiger partial charge in [-0.3, -0.25) is 29.9 Å². The van der Waals surface area contributed by atoms with Gasteiger partial charge in [-0.05, 0) is 48.5 Å². The van der Waals surface area contributed by atoms with Gasteiger partial charge in [-0.15, -0.1) is 0 Å². The molecule has 6 heterocycles. The zero-order valence-corrected chi connectivity index (χ0v) is 23.6. The number of rotatable bonds is 1. The van der Waals surface area contributed by atoms with Gasteiger partial charge in [0.2, 0.25) is 0 Å². The summed E-state index contributed by atoms with van der Waals surface area (Å²) in [6, 6.07) is 35.9. The molecule has 0 radical (unpaired) electrons. The number of aromatic nitrogens is 6. The first-order valence-electron chi connectivity index (χ1n) is 12.9. The maximum absolute atomic E-state index is 4.35. The summed E-state index contributed by atoms with van der Waals surface area (Å²) in [5, 5.41) is 4.55. The predicted octanol–water partition coefficient (Wildman–Crippen LogP) is 7.71. The third kappa shape index (κ3) is 6.43. The van der Waals surface area contributed by atoms with Crippen LogP contribution in [0, 0.1) is 0 Å². The van der Waals surface area contributed by atoms with E-state index in [0.29, 0.717) is 0 Å². The fraction of sp³-hybridized carbons (Fsp3) is 0. The summed E-state index contributed by atoms with van der Waals surface area (Å²) in [6.45, 7) is 0. The molecule has 0 aliphatic carbocycles. The zero-order valence-electron chi connectivity index (χ0n) is 21.9. The fourth-order valence-corrected chi connectivity index (χ4v) is 4.39. The Morgan fingerprint density at radius 1 is 0.268 bits per heavy atom. The molecule has 6 aromatic heterocycles. The van der Waals surface area contributed by atoms with Crippen molar-refractivity contribution in [1.82, 2.24) is 29.9 Å². The van der Waals surface area contributed by atoms with Gasteiger partial charge in [-0.25, -0.2) is 0 Å². The summed E-state index contributed by atoms with van der Waals surface area (Å²) >= 11 is 0. The fourth-order valence-electron chi connectivity index (χ4n) is 4.39. The Hall–Kier alpha value is -5.00. The summed E-state index contributed by atoms with van der Waals surface area (Å²) in [5.41, 5.74) is 5.74. The predicted molar refractivity (Wildman–Crippen MR) is 162 cm³/mol. The van der Waals surface area contributed by atoms with E-state index >= 15 is 0 Å². The van der Waals surface area contributed by atoms with Gasteiger partial charge < -0.3 is 0 Å². The maximum atomic E-state index is 4.35. The third-order valence-corrected chi connectivity index (χ3v) is 6.28. The van der Waals surface area contributed by atoms with E-state index in [-0.39, 0.29) is 19.5 Å². The van der Waals surface area contributed by atoms with Crippen molar-refractivity contribution in [3.05, 3.63) is 146 Å². The topological polar surface area (TPSA) is 77.3 Å². The van der Waals surface area contributed by atoms with E-state index < -0.39 is 0 Å². The summed E-state index contributed by atoms with van der Waals surface area (Å²) < 4.78 is 0. The van der Waals surface area contributed by atoms with Crippen LogP contribution in [0.5, 0.6) is 0 Å². The number of hydrogen-bond acceptors (Lipinski definition) is 6. The second-order valence-corrected chi connectivity index (χ2v) is 8.86. The minimum atomic E-state index is 0. The Balaban J connectivity index is 0.000000123. The molecule has 0 N–H and O–H groups in total. The standard InChI is InChI=1S/2C12H8N2.C10H8N2.Ru/c2*1-3-9-5-6-10-4-2-8-14-12(10)11(9)13-7-1;1-3-7-11-9(5-1)10-6-2-4-8-12-10;/h2*1-8H;1-8H;/q;;;+2. The van der Waals surface area contributed by atoms with Crippen LogP contribution in [0.4, 0.5) is 0 Å². The number of nitrogens with zero attached hydrogens (tertiary/aromatic N) is 6. The Bertz CT molecular complexity index is 1760.